The van der Waals surface area contributed by atoms with Gasteiger partial charge in [-0.15, -0.1) is 0 Å². The molecule has 0 heterocycles. The normalized spacial score (nSPS) is 12.1. The van der Waals surface area contributed by atoms with Crippen molar-refractivity contribution in [2.45, 2.75) is 17.6 Å². The Hall–Kier alpha value is -2.01. The van der Waals surface area contributed by atoms with Crippen molar-refractivity contribution < 1.29 is 26.4 Å². The number of rotatable bonds is 7. The highest BCUT2D eigenvalue weighted by Gasteiger charge is 2.32. The third-order valence-electron chi connectivity index (χ3n) is 4.68. The monoisotopic (exact) mass is 584 g/mol. The number of amides is 1. The second kappa shape index (κ2) is 10.9. The van der Waals surface area contributed by atoms with Gasteiger partial charge in [0.15, 0.2) is 0 Å². The highest BCUT2D eigenvalue weighted by atomic mass is 35.5. The van der Waals surface area contributed by atoms with E-state index in [0.717, 1.165) is 16.4 Å². The van der Waals surface area contributed by atoms with Gasteiger partial charge in [-0.3, -0.25) is 4.79 Å². The summed E-state index contributed by atoms with van der Waals surface area (Å²) in [6.07, 6.45) is -4.66. The van der Waals surface area contributed by atoms with Crippen LogP contribution in [0.2, 0.25) is 20.1 Å². The summed E-state index contributed by atoms with van der Waals surface area (Å²) >= 11 is 23.7. The van der Waals surface area contributed by atoms with Gasteiger partial charge >= 0.3 is 6.18 Å². The molecule has 186 valence electrons. The molecule has 13 heteroatoms. The van der Waals surface area contributed by atoms with Gasteiger partial charge in [-0.1, -0.05) is 52.5 Å². The van der Waals surface area contributed by atoms with E-state index in [9.17, 15) is 26.4 Å². The molecule has 0 aliphatic heterocycles. The smallest absolute Gasteiger partial charge is 0.324 e. The van der Waals surface area contributed by atoms with Crippen molar-refractivity contribution in [3.05, 3.63) is 91.9 Å². The average molecular weight is 586 g/mol. The molecule has 0 fully saturated rings. The molecule has 35 heavy (non-hydrogen) atoms. The number of halogens is 7. The lowest BCUT2D eigenvalue weighted by Gasteiger charge is -2.22. The number of sulfonamides is 1. The maximum Gasteiger partial charge on any atom is 0.416 e. The summed E-state index contributed by atoms with van der Waals surface area (Å²) in [5.41, 5.74) is -0.926. The SMILES string of the molecule is O=C(CN(Cc1ccc(Cl)c(Cl)c1)S(=O)(=O)c1ccc(Cl)cc1)Nc1cc(C(F)(F)F)ccc1Cl. The maximum absolute atomic E-state index is 13.3. The zero-order valence-corrected chi connectivity index (χ0v) is 21.3. The number of benzene rings is 3. The summed E-state index contributed by atoms with van der Waals surface area (Å²) < 4.78 is 66.6. The first-order chi connectivity index (χ1) is 16.3. The Kier molecular flexibility index (Phi) is 8.62. The topological polar surface area (TPSA) is 66.5 Å². The summed E-state index contributed by atoms with van der Waals surface area (Å²) in [5.74, 6) is -0.913. The van der Waals surface area contributed by atoms with Crippen molar-refractivity contribution in [3.8, 4) is 0 Å². The fourth-order valence-electron chi connectivity index (χ4n) is 2.97. The van der Waals surface area contributed by atoms with Gasteiger partial charge in [-0.25, -0.2) is 8.42 Å². The largest absolute Gasteiger partial charge is 0.416 e. The van der Waals surface area contributed by atoms with Crippen molar-refractivity contribution in [1.82, 2.24) is 4.31 Å². The fraction of sp³-hybridized carbons (Fsp3) is 0.136. The number of nitrogens with one attached hydrogen (secondary N) is 1. The zero-order chi connectivity index (χ0) is 26.0. The minimum absolute atomic E-state index is 0.146. The van der Waals surface area contributed by atoms with Crippen LogP contribution in [-0.2, 0) is 27.5 Å². The summed E-state index contributed by atoms with van der Waals surface area (Å²) in [6.45, 7) is -1.02. The van der Waals surface area contributed by atoms with Crippen LogP contribution in [0.25, 0.3) is 0 Å². The van der Waals surface area contributed by atoms with Gasteiger partial charge in [0.05, 0.1) is 37.8 Å². The molecule has 3 aromatic rings. The Morgan fingerprint density at radius 3 is 2.09 bits per heavy atom. The maximum atomic E-state index is 13.3. The van der Waals surface area contributed by atoms with Crippen LogP contribution < -0.4 is 5.32 Å². The van der Waals surface area contributed by atoms with Gasteiger partial charge in [0, 0.05) is 11.6 Å². The second-order valence-electron chi connectivity index (χ2n) is 7.22. The highest BCUT2D eigenvalue weighted by Crippen LogP contribution is 2.34. The molecule has 0 radical (unpaired) electrons. The predicted octanol–water partition coefficient (Wildman–Crippen LogP) is 7.15. The van der Waals surface area contributed by atoms with Crippen LogP contribution in [-0.4, -0.2) is 25.2 Å². The van der Waals surface area contributed by atoms with Gasteiger partial charge < -0.3 is 5.32 Å². The summed E-state index contributed by atoms with van der Waals surface area (Å²) in [7, 11) is -4.24. The van der Waals surface area contributed by atoms with E-state index in [-0.39, 0.29) is 32.2 Å². The van der Waals surface area contributed by atoms with Crippen LogP contribution in [0.4, 0.5) is 18.9 Å². The lowest BCUT2D eigenvalue weighted by Crippen LogP contribution is -2.37. The van der Waals surface area contributed by atoms with Crippen LogP contribution in [0.15, 0.2) is 65.6 Å². The number of anilines is 1. The first kappa shape index (κ1) is 27.6. The van der Waals surface area contributed by atoms with Gasteiger partial charge in [-0.05, 0) is 60.2 Å². The minimum atomic E-state index is -4.66. The average Bonchev–Trinajstić information content (AvgIpc) is 2.77. The second-order valence-corrected chi connectivity index (χ2v) is 10.8. The van der Waals surface area contributed by atoms with E-state index in [1.165, 1.54) is 42.5 Å². The van der Waals surface area contributed by atoms with E-state index in [1.54, 1.807) is 0 Å². The third kappa shape index (κ3) is 7.03. The van der Waals surface area contributed by atoms with E-state index in [0.29, 0.717) is 16.7 Å². The Bertz CT molecular complexity index is 1350. The standard InChI is InChI=1S/C22H15Cl4F3N2O3S/c23-15-3-5-16(6-4-15)35(33,34)31(11-13-1-7-17(24)19(26)9-13)12-21(32)30-20-10-14(22(27,28)29)2-8-18(20)25/h1-10H,11-12H2,(H,30,32). The van der Waals surface area contributed by atoms with E-state index >= 15 is 0 Å². The molecule has 0 spiro atoms. The van der Waals surface area contributed by atoms with E-state index < -0.39 is 34.2 Å². The molecule has 1 N–H and O–H groups in total. The summed E-state index contributed by atoms with van der Waals surface area (Å²) in [4.78, 5) is 12.6. The van der Waals surface area contributed by atoms with Crippen LogP contribution >= 0.6 is 46.4 Å². The molecule has 3 rings (SSSR count). The lowest BCUT2D eigenvalue weighted by molar-refractivity contribution is -0.137. The Balaban J connectivity index is 1.92. The van der Waals surface area contributed by atoms with Crippen molar-refractivity contribution in [1.29, 1.82) is 0 Å². The highest BCUT2D eigenvalue weighted by molar-refractivity contribution is 7.89. The van der Waals surface area contributed by atoms with Crippen molar-refractivity contribution in [2.75, 3.05) is 11.9 Å². The van der Waals surface area contributed by atoms with Crippen LogP contribution in [0.3, 0.4) is 0 Å². The lowest BCUT2D eigenvalue weighted by atomic mass is 10.2. The number of carbonyl (C=O) groups is 1. The molecular formula is C22H15Cl4F3N2O3S. The molecule has 1 amide bonds. The molecule has 0 saturated carbocycles. The van der Waals surface area contributed by atoms with E-state index in [4.69, 9.17) is 46.4 Å². The van der Waals surface area contributed by atoms with Crippen LogP contribution in [0.5, 0.6) is 0 Å². The van der Waals surface area contributed by atoms with Gasteiger partial charge in [0.25, 0.3) is 0 Å². The number of alkyl halides is 3. The molecule has 0 unspecified atom stereocenters. The van der Waals surface area contributed by atoms with E-state index in [1.807, 2.05) is 0 Å². The van der Waals surface area contributed by atoms with E-state index in [2.05, 4.69) is 5.32 Å². The first-order valence-electron chi connectivity index (χ1n) is 9.63. The molecular weight excluding hydrogens is 571 g/mol. The van der Waals surface area contributed by atoms with Gasteiger partial charge in [0.2, 0.25) is 15.9 Å². The first-order valence-corrected chi connectivity index (χ1v) is 12.6. The molecule has 0 aliphatic carbocycles. The quantitative estimate of drug-likeness (QED) is 0.320. The fourth-order valence-corrected chi connectivity index (χ4v) is 4.97. The number of hydrogen-bond donors (Lipinski definition) is 1. The Morgan fingerprint density at radius 1 is 0.857 bits per heavy atom. The molecule has 0 aliphatic rings. The Morgan fingerprint density at radius 2 is 1.49 bits per heavy atom. The minimum Gasteiger partial charge on any atom is -0.324 e. The number of carbonyl (C=O) groups excluding carboxylic acids is 1. The molecule has 0 atom stereocenters. The number of hydrogen-bond acceptors (Lipinski definition) is 3. The molecule has 0 saturated heterocycles. The molecule has 0 bridgehead atoms. The van der Waals surface area contributed by atoms with Crippen LogP contribution in [0, 0.1) is 0 Å². The van der Waals surface area contributed by atoms with Crippen molar-refractivity contribution in [3.63, 3.8) is 0 Å². The molecule has 5 nitrogen and oxygen atoms in total. The predicted molar refractivity (Wildman–Crippen MR) is 131 cm³/mol. The zero-order valence-electron chi connectivity index (χ0n) is 17.4. The summed E-state index contributed by atoms with van der Waals surface area (Å²) in [6, 6.07) is 12.1. The number of nitrogens with zero attached hydrogens (tertiary/aromatic N) is 1. The van der Waals surface area contributed by atoms with Crippen LogP contribution in [0.1, 0.15) is 11.1 Å². The molecule has 0 aromatic heterocycles. The van der Waals surface area contributed by atoms with Gasteiger partial charge in [0.1, 0.15) is 0 Å². The summed E-state index contributed by atoms with van der Waals surface area (Å²) in [5, 5.41) is 2.82. The van der Waals surface area contributed by atoms with Crippen molar-refractivity contribution >= 4 is 68.0 Å². The van der Waals surface area contributed by atoms with Gasteiger partial charge in [-0.2, -0.15) is 17.5 Å². The third-order valence-corrected chi connectivity index (χ3v) is 7.81. The Labute approximate surface area is 219 Å². The molecule has 3 aromatic carbocycles. The van der Waals surface area contributed by atoms with Crippen molar-refractivity contribution in [2.24, 2.45) is 0 Å².